The largest absolute Gasteiger partial charge is 0.480 e. The van der Waals surface area contributed by atoms with Crippen molar-refractivity contribution in [3.8, 4) is 17.0 Å². The molecule has 0 radical (unpaired) electrons. The number of aryl methyl sites for hydroxylation is 1. The summed E-state index contributed by atoms with van der Waals surface area (Å²) in [6.45, 7) is 4.05. The average Bonchev–Trinajstić information content (AvgIpc) is 3.43. The second-order valence-electron chi connectivity index (χ2n) is 7.87. The molecule has 3 aromatic rings. The molecule has 1 unspecified atom stereocenters. The number of hydrogen-bond acceptors (Lipinski definition) is 7. The van der Waals surface area contributed by atoms with E-state index in [1.165, 1.54) is 19.3 Å². The first kappa shape index (κ1) is 17.9. The predicted octanol–water partition coefficient (Wildman–Crippen LogP) is 3.08. The highest BCUT2D eigenvalue weighted by Gasteiger charge is 2.29. The predicted molar refractivity (Wildman–Crippen MR) is 111 cm³/mol. The Morgan fingerprint density at radius 3 is 2.69 bits per heavy atom. The molecule has 8 heteroatoms. The fourth-order valence-electron chi connectivity index (χ4n) is 3.42. The zero-order valence-electron chi connectivity index (χ0n) is 16.7. The lowest BCUT2D eigenvalue weighted by molar-refractivity contribution is 0.221. The van der Waals surface area contributed by atoms with Gasteiger partial charge >= 0.3 is 0 Å². The number of nitrogen functional groups attached to an aromatic ring is 1. The summed E-state index contributed by atoms with van der Waals surface area (Å²) >= 11 is 0. The molecule has 1 saturated heterocycles. The van der Waals surface area contributed by atoms with Crippen molar-refractivity contribution >= 4 is 11.6 Å². The summed E-state index contributed by atoms with van der Waals surface area (Å²) in [4.78, 5) is 16.3. The molecule has 29 heavy (non-hydrogen) atoms. The van der Waals surface area contributed by atoms with E-state index in [1.807, 2.05) is 38.4 Å². The van der Waals surface area contributed by atoms with Gasteiger partial charge in [-0.15, -0.1) is 0 Å². The van der Waals surface area contributed by atoms with Crippen molar-refractivity contribution < 1.29 is 4.74 Å². The minimum absolute atomic E-state index is 0.236. The summed E-state index contributed by atoms with van der Waals surface area (Å²) in [6, 6.07) is 5.90. The molecule has 8 nitrogen and oxygen atoms in total. The van der Waals surface area contributed by atoms with Gasteiger partial charge in [-0.2, -0.15) is 5.10 Å². The second kappa shape index (κ2) is 7.02. The monoisotopic (exact) mass is 391 g/mol. The first-order chi connectivity index (χ1) is 14.1. The standard InChI is InChI=1S/C21H25N7O/c1-13(16-6-9-27(2)26-16)29-18-10-15(12-23-20(18)22)17-11-19(28-7-3-8-28)25-21(24-17)14-4-5-14/h6,9-14H,3-5,7-8H2,1-2H3,(H2,22,23). The maximum absolute atomic E-state index is 6.09. The van der Waals surface area contributed by atoms with Gasteiger partial charge in [0.25, 0.3) is 0 Å². The summed E-state index contributed by atoms with van der Waals surface area (Å²) in [7, 11) is 1.88. The quantitative estimate of drug-likeness (QED) is 0.690. The summed E-state index contributed by atoms with van der Waals surface area (Å²) < 4.78 is 7.84. The van der Waals surface area contributed by atoms with E-state index >= 15 is 0 Å². The molecule has 1 aliphatic carbocycles. The van der Waals surface area contributed by atoms with Crippen molar-refractivity contribution in [2.45, 2.75) is 38.2 Å². The molecule has 2 fully saturated rings. The van der Waals surface area contributed by atoms with Crippen molar-refractivity contribution in [3.63, 3.8) is 0 Å². The highest BCUT2D eigenvalue weighted by Crippen LogP contribution is 2.40. The maximum atomic E-state index is 6.09. The van der Waals surface area contributed by atoms with Crippen molar-refractivity contribution in [3.05, 3.63) is 42.1 Å². The lowest BCUT2D eigenvalue weighted by Crippen LogP contribution is -2.37. The first-order valence-electron chi connectivity index (χ1n) is 10.1. The minimum atomic E-state index is -0.236. The number of nitrogens with zero attached hydrogens (tertiary/aromatic N) is 6. The number of rotatable bonds is 6. The maximum Gasteiger partial charge on any atom is 0.166 e. The van der Waals surface area contributed by atoms with Gasteiger partial charge in [0.15, 0.2) is 11.6 Å². The molecule has 0 aromatic carbocycles. The van der Waals surface area contributed by atoms with Crippen LogP contribution in [0.15, 0.2) is 30.6 Å². The van der Waals surface area contributed by atoms with E-state index in [4.69, 9.17) is 20.4 Å². The Morgan fingerprint density at radius 1 is 1.21 bits per heavy atom. The summed E-state index contributed by atoms with van der Waals surface area (Å²) in [5.74, 6) is 3.32. The Hall–Kier alpha value is -3.16. The van der Waals surface area contributed by atoms with Crippen LogP contribution < -0.4 is 15.4 Å². The van der Waals surface area contributed by atoms with Crippen molar-refractivity contribution in [2.75, 3.05) is 23.7 Å². The minimum Gasteiger partial charge on any atom is -0.480 e. The van der Waals surface area contributed by atoms with E-state index in [2.05, 4.69) is 15.0 Å². The topological polar surface area (TPSA) is 95.0 Å². The SMILES string of the molecule is CC(Oc1cc(-c2cc(N3CCC3)nc(C3CC3)n2)cnc1N)c1ccn(C)n1. The molecule has 150 valence electrons. The number of pyridine rings is 1. The third-order valence-corrected chi connectivity index (χ3v) is 5.48. The van der Waals surface area contributed by atoms with E-state index in [1.54, 1.807) is 10.9 Å². The van der Waals surface area contributed by atoms with Gasteiger partial charge in [0.2, 0.25) is 0 Å². The van der Waals surface area contributed by atoms with E-state index in [0.29, 0.717) is 17.5 Å². The molecule has 0 spiro atoms. The number of nitrogens with two attached hydrogens (primary N) is 1. The zero-order valence-corrected chi connectivity index (χ0v) is 16.7. The van der Waals surface area contributed by atoms with E-state index in [0.717, 1.165) is 41.7 Å². The van der Waals surface area contributed by atoms with Crippen LogP contribution in [0.4, 0.5) is 11.6 Å². The van der Waals surface area contributed by atoms with Crippen LogP contribution in [0.2, 0.25) is 0 Å². The third kappa shape index (κ3) is 3.62. The number of aromatic nitrogens is 5. The Balaban J connectivity index is 1.46. The van der Waals surface area contributed by atoms with E-state index in [9.17, 15) is 0 Å². The Kier molecular flexibility index (Phi) is 4.34. The van der Waals surface area contributed by atoms with Crippen molar-refractivity contribution in [1.82, 2.24) is 24.7 Å². The lowest BCUT2D eigenvalue weighted by Gasteiger charge is -2.32. The van der Waals surface area contributed by atoms with Gasteiger partial charge < -0.3 is 15.4 Å². The van der Waals surface area contributed by atoms with Gasteiger partial charge in [0.05, 0.1) is 5.69 Å². The fourth-order valence-corrected chi connectivity index (χ4v) is 3.42. The smallest absolute Gasteiger partial charge is 0.166 e. The highest BCUT2D eigenvalue weighted by atomic mass is 16.5. The van der Waals surface area contributed by atoms with Crippen LogP contribution in [0.25, 0.3) is 11.3 Å². The van der Waals surface area contributed by atoms with Crippen molar-refractivity contribution in [2.24, 2.45) is 7.05 Å². The number of hydrogen-bond donors (Lipinski definition) is 1. The van der Waals surface area contributed by atoms with Crippen LogP contribution in [0.1, 0.15) is 49.7 Å². The van der Waals surface area contributed by atoms with Crippen LogP contribution >= 0.6 is 0 Å². The Morgan fingerprint density at radius 2 is 2.03 bits per heavy atom. The molecule has 0 amide bonds. The molecule has 3 aromatic heterocycles. The van der Waals surface area contributed by atoms with E-state index < -0.39 is 0 Å². The van der Waals surface area contributed by atoms with Crippen LogP contribution in [0.3, 0.4) is 0 Å². The van der Waals surface area contributed by atoms with Gasteiger partial charge in [0, 0.05) is 50.1 Å². The van der Waals surface area contributed by atoms with Crippen LogP contribution in [0, 0.1) is 0 Å². The van der Waals surface area contributed by atoms with Crippen molar-refractivity contribution in [1.29, 1.82) is 0 Å². The van der Waals surface area contributed by atoms with Gasteiger partial charge in [-0.3, -0.25) is 4.68 Å². The summed E-state index contributed by atoms with van der Waals surface area (Å²) in [6.07, 6.45) is 6.96. The lowest BCUT2D eigenvalue weighted by atomic mass is 10.1. The van der Waals surface area contributed by atoms with Gasteiger partial charge in [-0.1, -0.05) is 0 Å². The molecule has 2 N–H and O–H groups in total. The molecular formula is C21H25N7O. The molecule has 0 bridgehead atoms. The van der Waals surface area contributed by atoms with Gasteiger partial charge in [0.1, 0.15) is 23.4 Å². The number of anilines is 2. The summed E-state index contributed by atoms with van der Waals surface area (Å²) in [5.41, 5.74) is 8.69. The molecule has 1 atom stereocenters. The average molecular weight is 391 g/mol. The molecule has 5 rings (SSSR count). The first-order valence-corrected chi connectivity index (χ1v) is 10.1. The molecule has 4 heterocycles. The molecular weight excluding hydrogens is 366 g/mol. The van der Waals surface area contributed by atoms with Crippen LogP contribution in [0.5, 0.6) is 5.75 Å². The number of ether oxygens (including phenoxy) is 1. The van der Waals surface area contributed by atoms with Gasteiger partial charge in [-0.05, 0) is 38.3 Å². The Labute approximate surface area is 169 Å². The molecule has 1 saturated carbocycles. The highest BCUT2D eigenvalue weighted by molar-refractivity contribution is 5.67. The van der Waals surface area contributed by atoms with E-state index in [-0.39, 0.29) is 6.10 Å². The molecule has 1 aliphatic heterocycles. The Bertz CT molecular complexity index is 1040. The fraction of sp³-hybridized carbons (Fsp3) is 0.429. The second-order valence-corrected chi connectivity index (χ2v) is 7.87. The van der Waals surface area contributed by atoms with Gasteiger partial charge in [-0.25, -0.2) is 15.0 Å². The summed E-state index contributed by atoms with van der Waals surface area (Å²) in [5, 5.41) is 4.41. The third-order valence-electron chi connectivity index (χ3n) is 5.48. The zero-order chi connectivity index (χ0) is 20.0. The van der Waals surface area contributed by atoms with Crippen LogP contribution in [-0.4, -0.2) is 37.8 Å². The molecule has 2 aliphatic rings. The normalized spacial score (nSPS) is 17.1. The van der Waals surface area contributed by atoms with Crippen LogP contribution in [-0.2, 0) is 7.05 Å².